The van der Waals surface area contributed by atoms with E-state index in [1.165, 1.54) is 12.1 Å². The number of halogens is 1. The van der Waals surface area contributed by atoms with Crippen molar-refractivity contribution < 1.29 is 19.2 Å². The van der Waals surface area contributed by atoms with E-state index in [0.29, 0.717) is 5.56 Å². The van der Waals surface area contributed by atoms with Gasteiger partial charge in [0.1, 0.15) is 6.61 Å². The first-order chi connectivity index (χ1) is 9.08. The number of hydrogen-bond donors (Lipinski definition) is 2. The first-order valence-corrected chi connectivity index (χ1v) is 5.91. The van der Waals surface area contributed by atoms with Gasteiger partial charge in [-0.3, -0.25) is 0 Å². The molecule has 0 saturated carbocycles. The lowest BCUT2D eigenvalue weighted by molar-refractivity contribution is 0.290. The lowest BCUT2D eigenvalue weighted by Gasteiger charge is -2.11. The molecule has 19 heavy (non-hydrogen) atoms. The molecule has 0 fully saturated rings. The molecule has 0 saturated heterocycles. The summed E-state index contributed by atoms with van der Waals surface area (Å²) in [5.74, 6) is -0.504. The van der Waals surface area contributed by atoms with Crippen LogP contribution in [0.5, 0.6) is 5.75 Å². The zero-order valence-electron chi connectivity index (χ0n) is 10.5. The van der Waals surface area contributed by atoms with Crippen molar-refractivity contribution in [1.82, 2.24) is 0 Å². The summed E-state index contributed by atoms with van der Waals surface area (Å²) >= 11 is 0. The van der Waals surface area contributed by atoms with Crippen molar-refractivity contribution in [3.05, 3.63) is 59.4 Å². The smallest absolute Gasteiger partial charge is 0.486 e. The number of ether oxygens (including phenoxy) is 1. The van der Waals surface area contributed by atoms with E-state index in [9.17, 15) is 14.4 Å². The van der Waals surface area contributed by atoms with Crippen LogP contribution in [0.15, 0.2) is 42.5 Å². The molecule has 2 N–H and O–H groups in total. The molecule has 5 heteroatoms. The van der Waals surface area contributed by atoms with Crippen molar-refractivity contribution in [2.45, 2.75) is 13.5 Å². The fourth-order valence-electron chi connectivity index (χ4n) is 1.79. The van der Waals surface area contributed by atoms with Gasteiger partial charge < -0.3 is 14.8 Å². The van der Waals surface area contributed by atoms with Crippen LogP contribution in [-0.2, 0) is 6.61 Å². The standard InChI is InChI=1S/C14H14BFO3/c1-10-7-13(16)14(8-12(10)15(17)18)19-9-11-5-3-2-4-6-11/h2-8,17-18H,9H2,1H3. The highest BCUT2D eigenvalue weighted by molar-refractivity contribution is 6.59. The van der Waals surface area contributed by atoms with Crippen LogP contribution in [0.2, 0.25) is 0 Å². The van der Waals surface area contributed by atoms with Crippen LogP contribution < -0.4 is 10.2 Å². The van der Waals surface area contributed by atoms with Crippen LogP contribution in [0, 0.1) is 12.7 Å². The van der Waals surface area contributed by atoms with Crippen molar-refractivity contribution in [3.63, 3.8) is 0 Å². The highest BCUT2D eigenvalue weighted by Crippen LogP contribution is 2.18. The van der Waals surface area contributed by atoms with Gasteiger partial charge in [-0.2, -0.15) is 0 Å². The van der Waals surface area contributed by atoms with Gasteiger partial charge in [0, 0.05) is 0 Å². The third kappa shape index (κ3) is 3.33. The number of aryl methyl sites for hydroxylation is 1. The van der Waals surface area contributed by atoms with Crippen LogP contribution in [0.1, 0.15) is 11.1 Å². The predicted molar refractivity (Wildman–Crippen MR) is 71.7 cm³/mol. The Morgan fingerprint density at radius 2 is 1.84 bits per heavy atom. The summed E-state index contributed by atoms with van der Waals surface area (Å²) in [7, 11) is -1.64. The summed E-state index contributed by atoms with van der Waals surface area (Å²) < 4.78 is 19.1. The highest BCUT2D eigenvalue weighted by atomic mass is 19.1. The molecule has 2 rings (SSSR count). The molecular weight excluding hydrogens is 246 g/mol. The number of rotatable bonds is 4. The summed E-state index contributed by atoms with van der Waals surface area (Å²) in [5, 5.41) is 18.4. The monoisotopic (exact) mass is 260 g/mol. The minimum absolute atomic E-state index is 0.0116. The van der Waals surface area contributed by atoms with E-state index >= 15 is 0 Å². The number of hydrogen-bond acceptors (Lipinski definition) is 3. The van der Waals surface area contributed by atoms with Crippen LogP contribution >= 0.6 is 0 Å². The lowest BCUT2D eigenvalue weighted by atomic mass is 9.77. The van der Waals surface area contributed by atoms with E-state index in [-0.39, 0.29) is 17.8 Å². The van der Waals surface area contributed by atoms with E-state index < -0.39 is 12.9 Å². The largest absolute Gasteiger partial charge is 0.488 e. The zero-order valence-corrected chi connectivity index (χ0v) is 10.5. The first kappa shape index (κ1) is 13.6. The fourth-order valence-corrected chi connectivity index (χ4v) is 1.79. The predicted octanol–water partition coefficient (Wildman–Crippen LogP) is 1.39. The minimum Gasteiger partial charge on any atom is -0.486 e. The summed E-state index contributed by atoms with van der Waals surface area (Å²) in [6.07, 6.45) is 0. The molecule has 0 spiro atoms. The maximum atomic E-state index is 13.7. The normalized spacial score (nSPS) is 10.3. The minimum atomic E-state index is -1.64. The molecule has 0 radical (unpaired) electrons. The third-order valence-corrected chi connectivity index (χ3v) is 2.84. The molecule has 0 aliphatic rings. The van der Waals surface area contributed by atoms with E-state index in [2.05, 4.69) is 0 Å². The quantitative estimate of drug-likeness (QED) is 0.817. The van der Waals surface area contributed by atoms with Gasteiger partial charge in [-0.25, -0.2) is 4.39 Å². The van der Waals surface area contributed by atoms with Gasteiger partial charge in [0.2, 0.25) is 0 Å². The summed E-state index contributed by atoms with van der Waals surface area (Å²) in [4.78, 5) is 0. The average molecular weight is 260 g/mol. The molecule has 0 aliphatic carbocycles. The maximum absolute atomic E-state index is 13.7. The Labute approximate surface area is 111 Å². The molecule has 2 aromatic carbocycles. The van der Waals surface area contributed by atoms with Crippen LogP contribution in [-0.4, -0.2) is 17.2 Å². The summed E-state index contributed by atoms with van der Waals surface area (Å²) in [6, 6.07) is 11.9. The number of benzene rings is 2. The summed E-state index contributed by atoms with van der Waals surface area (Å²) in [5.41, 5.74) is 1.62. The Balaban J connectivity index is 2.18. The van der Waals surface area contributed by atoms with Crippen molar-refractivity contribution in [2.75, 3.05) is 0 Å². The Morgan fingerprint density at radius 3 is 2.47 bits per heavy atom. The first-order valence-electron chi connectivity index (χ1n) is 5.91. The molecule has 0 heterocycles. The molecule has 0 amide bonds. The zero-order chi connectivity index (χ0) is 13.8. The third-order valence-electron chi connectivity index (χ3n) is 2.84. The molecular formula is C14H14BFO3. The molecule has 0 atom stereocenters. The van der Waals surface area contributed by atoms with Gasteiger partial charge in [0.15, 0.2) is 11.6 Å². The molecule has 3 nitrogen and oxygen atoms in total. The average Bonchev–Trinajstić information content (AvgIpc) is 2.38. The van der Waals surface area contributed by atoms with Gasteiger partial charge in [-0.05, 0) is 35.6 Å². The molecule has 0 aromatic heterocycles. The van der Waals surface area contributed by atoms with Crippen LogP contribution in [0.25, 0.3) is 0 Å². The van der Waals surface area contributed by atoms with Gasteiger partial charge in [0.25, 0.3) is 0 Å². The Hall–Kier alpha value is -1.85. The SMILES string of the molecule is Cc1cc(F)c(OCc2ccccc2)cc1B(O)O. The van der Waals surface area contributed by atoms with Gasteiger partial charge in [-0.15, -0.1) is 0 Å². The van der Waals surface area contributed by atoms with E-state index in [0.717, 1.165) is 5.56 Å². The summed E-state index contributed by atoms with van der Waals surface area (Å²) in [6.45, 7) is 1.83. The Morgan fingerprint density at radius 1 is 1.16 bits per heavy atom. The second-order valence-corrected chi connectivity index (χ2v) is 4.29. The van der Waals surface area contributed by atoms with Gasteiger partial charge >= 0.3 is 7.12 Å². The van der Waals surface area contributed by atoms with Crippen molar-refractivity contribution >= 4 is 12.6 Å². The molecule has 0 unspecified atom stereocenters. The van der Waals surface area contributed by atoms with Crippen molar-refractivity contribution in [2.24, 2.45) is 0 Å². The Kier molecular flexibility index (Phi) is 4.19. The van der Waals surface area contributed by atoms with Gasteiger partial charge in [-0.1, -0.05) is 30.3 Å². The van der Waals surface area contributed by atoms with Crippen molar-refractivity contribution in [3.8, 4) is 5.75 Å². The second kappa shape index (κ2) is 5.86. The maximum Gasteiger partial charge on any atom is 0.488 e. The molecule has 0 aliphatic heterocycles. The van der Waals surface area contributed by atoms with E-state index in [4.69, 9.17) is 4.74 Å². The lowest BCUT2D eigenvalue weighted by Crippen LogP contribution is -2.32. The van der Waals surface area contributed by atoms with Gasteiger partial charge in [0.05, 0.1) is 0 Å². The van der Waals surface area contributed by atoms with E-state index in [1.54, 1.807) is 6.92 Å². The fraction of sp³-hybridized carbons (Fsp3) is 0.143. The van der Waals surface area contributed by atoms with Crippen molar-refractivity contribution in [1.29, 1.82) is 0 Å². The van der Waals surface area contributed by atoms with E-state index in [1.807, 2.05) is 30.3 Å². The second-order valence-electron chi connectivity index (χ2n) is 4.29. The van der Waals surface area contributed by atoms with Crippen LogP contribution in [0.4, 0.5) is 4.39 Å². The highest BCUT2D eigenvalue weighted by Gasteiger charge is 2.17. The molecule has 98 valence electrons. The molecule has 2 aromatic rings. The molecule has 0 bridgehead atoms. The Bertz CT molecular complexity index is 558. The topological polar surface area (TPSA) is 49.7 Å². The van der Waals surface area contributed by atoms with Crippen LogP contribution in [0.3, 0.4) is 0 Å².